The van der Waals surface area contributed by atoms with Crippen molar-refractivity contribution in [3.05, 3.63) is 53.7 Å². The molecule has 3 rings (SSSR count). The maximum Gasteiger partial charge on any atom is 0.287 e. The topological polar surface area (TPSA) is 51.5 Å². The number of halogens is 1. The summed E-state index contributed by atoms with van der Waals surface area (Å²) in [5.41, 5.74) is 0. The molecule has 22 heavy (non-hydrogen) atoms. The minimum absolute atomic E-state index is 0.195. The first kappa shape index (κ1) is 14.6. The van der Waals surface area contributed by atoms with Crippen molar-refractivity contribution < 1.29 is 18.3 Å². The van der Waals surface area contributed by atoms with Gasteiger partial charge in [-0.1, -0.05) is 6.42 Å². The molecule has 1 aliphatic carbocycles. The lowest BCUT2D eigenvalue weighted by Crippen LogP contribution is -2.31. The molecule has 1 heterocycles. The highest BCUT2D eigenvalue weighted by atomic mass is 19.1. The van der Waals surface area contributed by atoms with E-state index in [2.05, 4.69) is 5.32 Å². The Balaban J connectivity index is 1.49. The third-order valence-electron chi connectivity index (χ3n) is 3.86. The van der Waals surface area contributed by atoms with Crippen LogP contribution in [0, 0.1) is 11.7 Å². The first-order chi connectivity index (χ1) is 10.7. The summed E-state index contributed by atoms with van der Waals surface area (Å²) in [4.78, 5) is 11.9. The molecule has 0 unspecified atom stereocenters. The van der Waals surface area contributed by atoms with Gasteiger partial charge in [0, 0.05) is 6.54 Å². The number of amides is 1. The van der Waals surface area contributed by atoms with E-state index in [0.29, 0.717) is 24.0 Å². The molecule has 1 amide bonds. The first-order valence-corrected chi connectivity index (χ1v) is 7.46. The standard InChI is InChI=1S/C17H18FNO3/c18-13-4-6-14(7-5-13)21-11-15-8-9-16(22-15)17(20)19-10-12-2-1-3-12/h4-9,12H,1-3,10-11H2,(H,19,20). The Morgan fingerprint density at radius 1 is 1.23 bits per heavy atom. The molecule has 0 saturated heterocycles. The van der Waals surface area contributed by atoms with Crippen molar-refractivity contribution >= 4 is 5.91 Å². The smallest absolute Gasteiger partial charge is 0.287 e. The number of hydrogen-bond donors (Lipinski definition) is 1. The summed E-state index contributed by atoms with van der Waals surface area (Å²) < 4.78 is 23.7. The number of benzene rings is 1. The summed E-state index contributed by atoms with van der Waals surface area (Å²) in [5, 5.41) is 2.88. The molecule has 1 aliphatic rings. The highest BCUT2D eigenvalue weighted by molar-refractivity contribution is 5.91. The minimum Gasteiger partial charge on any atom is -0.486 e. The average Bonchev–Trinajstić information content (AvgIpc) is 2.94. The number of nitrogens with one attached hydrogen (secondary N) is 1. The molecule has 0 bridgehead atoms. The van der Waals surface area contributed by atoms with E-state index in [1.165, 1.54) is 31.4 Å². The second-order valence-electron chi connectivity index (χ2n) is 5.52. The van der Waals surface area contributed by atoms with Crippen LogP contribution in [0.2, 0.25) is 0 Å². The Morgan fingerprint density at radius 2 is 2.00 bits per heavy atom. The Hall–Kier alpha value is -2.30. The Labute approximate surface area is 128 Å². The lowest BCUT2D eigenvalue weighted by molar-refractivity contribution is 0.0907. The van der Waals surface area contributed by atoms with E-state index in [9.17, 15) is 9.18 Å². The van der Waals surface area contributed by atoms with Crippen LogP contribution in [0.4, 0.5) is 4.39 Å². The van der Waals surface area contributed by atoms with Crippen LogP contribution < -0.4 is 10.1 Å². The van der Waals surface area contributed by atoms with E-state index in [4.69, 9.17) is 9.15 Å². The van der Waals surface area contributed by atoms with E-state index in [-0.39, 0.29) is 24.1 Å². The van der Waals surface area contributed by atoms with Gasteiger partial charge in [0.2, 0.25) is 0 Å². The van der Waals surface area contributed by atoms with Gasteiger partial charge in [-0.25, -0.2) is 4.39 Å². The summed E-state index contributed by atoms with van der Waals surface area (Å²) >= 11 is 0. The van der Waals surface area contributed by atoms with Gasteiger partial charge in [0.25, 0.3) is 5.91 Å². The van der Waals surface area contributed by atoms with Crippen molar-refractivity contribution in [3.63, 3.8) is 0 Å². The molecule has 1 saturated carbocycles. The summed E-state index contributed by atoms with van der Waals surface area (Å²) in [7, 11) is 0. The van der Waals surface area contributed by atoms with E-state index >= 15 is 0 Å². The SMILES string of the molecule is O=C(NCC1CCC1)c1ccc(COc2ccc(F)cc2)o1. The van der Waals surface area contributed by atoms with Gasteiger partial charge in [0.05, 0.1) is 0 Å². The van der Waals surface area contributed by atoms with Crippen LogP contribution in [-0.2, 0) is 6.61 Å². The first-order valence-electron chi connectivity index (χ1n) is 7.46. The maximum atomic E-state index is 12.8. The normalized spacial score (nSPS) is 14.4. The van der Waals surface area contributed by atoms with Gasteiger partial charge >= 0.3 is 0 Å². The molecule has 4 nitrogen and oxygen atoms in total. The van der Waals surface area contributed by atoms with E-state index < -0.39 is 0 Å². The molecular formula is C17H18FNO3. The molecule has 1 N–H and O–H groups in total. The molecule has 1 aromatic heterocycles. The Bertz CT molecular complexity index is 632. The van der Waals surface area contributed by atoms with Crippen molar-refractivity contribution in [2.75, 3.05) is 6.54 Å². The lowest BCUT2D eigenvalue weighted by atomic mass is 9.85. The van der Waals surface area contributed by atoms with Crippen molar-refractivity contribution in [1.82, 2.24) is 5.32 Å². The molecule has 0 radical (unpaired) electrons. The van der Waals surface area contributed by atoms with Gasteiger partial charge in [-0.15, -0.1) is 0 Å². The molecule has 0 aliphatic heterocycles. The van der Waals surface area contributed by atoms with Gasteiger partial charge in [-0.05, 0) is 55.2 Å². The van der Waals surface area contributed by atoms with Crippen LogP contribution in [0.5, 0.6) is 5.75 Å². The fourth-order valence-electron chi connectivity index (χ4n) is 2.28. The summed E-state index contributed by atoms with van der Waals surface area (Å²) in [5.74, 6) is 1.50. The maximum absolute atomic E-state index is 12.8. The van der Waals surface area contributed by atoms with Crippen molar-refractivity contribution in [2.24, 2.45) is 5.92 Å². The van der Waals surface area contributed by atoms with Gasteiger partial charge in [0.1, 0.15) is 23.9 Å². The molecule has 1 fully saturated rings. The second-order valence-corrected chi connectivity index (χ2v) is 5.52. The van der Waals surface area contributed by atoms with Crippen molar-refractivity contribution in [3.8, 4) is 5.75 Å². The zero-order valence-corrected chi connectivity index (χ0v) is 12.2. The predicted molar refractivity (Wildman–Crippen MR) is 79.1 cm³/mol. The van der Waals surface area contributed by atoms with Gasteiger partial charge in [-0.2, -0.15) is 0 Å². The molecule has 0 spiro atoms. The summed E-state index contributed by atoms with van der Waals surface area (Å²) in [6.07, 6.45) is 3.64. The monoisotopic (exact) mass is 303 g/mol. The Kier molecular flexibility index (Phi) is 4.42. The van der Waals surface area contributed by atoms with Crippen LogP contribution in [0.25, 0.3) is 0 Å². The van der Waals surface area contributed by atoms with Crippen LogP contribution in [0.15, 0.2) is 40.8 Å². The summed E-state index contributed by atoms with van der Waals surface area (Å²) in [6.45, 7) is 0.905. The van der Waals surface area contributed by atoms with Crippen LogP contribution in [0.3, 0.4) is 0 Å². The minimum atomic E-state index is -0.309. The second kappa shape index (κ2) is 6.64. The van der Waals surface area contributed by atoms with E-state index in [1.54, 1.807) is 24.3 Å². The number of hydrogen-bond acceptors (Lipinski definition) is 3. The number of rotatable bonds is 6. The Morgan fingerprint density at radius 3 is 2.68 bits per heavy atom. The van der Waals surface area contributed by atoms with Crippen molar-refractivity contribution in [2.45, 2.75) is 25.9 Å². The zero-order valence-electron chi connectivity index (χ0n) is 12.2. The molecule has 0 atom stereocenters. The molecular weight excluding hydrogens is 285 g/mol. The lowest BCUT2D eigenvalue weighted by Gasteiger charge is -2.25. The fourth-order valence-corrected chi connectivity index (χ4v) is 2.28. The number of carbonyl (C=O) groups excluding carboxylic acids is 1. The highest BCUT2D eigenvalue weighted by Crippen LogP contribution is 2.25. The van der Waals surface area contributed by atoms with Gasteiger partial charge < -0.3 is 14.5 Å². The fraction of sp³-hybridized carbons (Fsp3) is 0.353. The largest absolute Gasteiger partial charge is 0.486 e. The third-order valence-corrected chi connectivity index (χ3v) is 3.86. The third kappa shape index (κ3) is 3.67. The zero-order chi connectivity index (χ0) is 15.4. The molecule has 1 aromatic carbocycles. The average molecular weight is 303 g/mol. The number of furan rings is 1. The van der Waals surface area contributed by atoms with Crippen LogP contribution in [-0.4, -0.2) is 12.5 Å². The van der Waals surface area contributed by atoms with E-state index in [0.717, 1.165) is 0 Å². The number of ether oxygens (including phenoxy) is 1. The number of carbonyl (C=O) groups is 1. The van der Waals surface area contributed by atoms with Crippen molar-refractivity contribution in [1.29, 1.82) is 0 Å². The molecule has 116 valence electrons. The summed E-state index contributed by atoms with van der Waals surface area (Å²) in [6, 6.07) is 9.10. The van der Waals surface area contributed by atoms with Gasteiger partial charge in [-0.3, -0.25) is 4.79 Å². The molecule has 5 heteroatoms. The molecule has 2 aromatic rings. The van der Waals surface area contributed by atoms with Crippen LogP contribution in [0.1, 0.15) is 35.6 Å². The predicted octanol–water partition coefficient (Wildman–Crippen LogP) is 3.53. The van der Waals surface area contributed by atoms with Crippen LogP contribution >= 0.6 is 0 Å². The van der Waals surface area contributed by atoms with Gasteiger partial charge in [0.15, 0.2) is 5.76 Å². The highest BCUT2D eigenvalue weighted by Gasteiger charge is 2.19. The quantitative estimate of drug-likeness (QED) is 0.888. The van der Waals surface area contributed by atoms with E-state index in [1.807, 2.05) is 0 Å².